The molecule has 2 fully saturated rings. The molecule has 0 bridgehead atoms. The number of anilines is 1. The number of nitrogens with zero attached hydrogens (tertiary/aromatic N) is 6. The lowest BCUT2D eigenvalue weighted by molar-refractivity contribution is -0.137. The van der Waals surface area contributed by atoms with E-state index in [1.807, 2.05) is 4.57 Å². The van der Waals surface area contributed by atoms with Gasteiger partial charge in [-0.15, -0.1) is 0 Å². The van der Waals surface area contributed by atoms with Crippen molar-refractivity contribution in [2.45, 2.75) is 88.9 Å². The zero-order valence-corrected chi connectivity index (χ0v) is 23.7. The van der Waals surface area contributed by atoms with Crippen molar-refractivity contribution in [2.75, 3.05) is 18.4 Å². The number of aromatic amines is 1. The Bertz CT molecular complexity index is 1530. The number of benzene rings is 1. The summed E-state index contributed by atoms with van der Waals surface area (Å²) in [5.74, 6) is 1.24. The molecule has 2 aliphatic carbocycles. The zero-order chi connectivity index (χ0) is 29.6. The first kappa shape index (κ1) is 28.8. The van der Waals surface area contributed by atoms with Crippen LogP contribution in [0.4, 0.5) is 19.0 Å². The average molecular weight is 587 g/mol. The number of rotatable bonds is 11. The number of fused-ring (bicyclic) bond motifs is 2. The monoisotopic (exact) mass is 586 g/mol. The van der Waals surface area contributed by atoms with Crippen molar-refractivity contribution >= 4 is 28.0 Å². The normalized spacial score (nSPS) is 23.2. The molecule has 4 atom stereocenters. The molecule has 10 nitrogen and oxygen atoms in total. The molecule has 0 amide bonds. The first-order valence-electron chi connectivity index (χ1n) is 14.7. The van der Waals surface area contributed by atoms with Gasteiger partial charge in [0.15, 0.2) is 11.5 Å². The Kier molecular flexibility index (Phi) is 7.83. The first-order valence-corrected chi connectivity index (χ1v) is 14.7. The molecular weight excluding hydrogens is 549 g/mol. The van der Waals surface area contributed by atoms with Crippen LogP contribution in [0.5, 0.6) is 0 Å². The van der Waals surface area contributed by atoms with E-state index in [4.69, 9.17) is 0 Å². The smallest absolute Gasteiger partial charge is 0.390 e. The molecule has 0 radical (unpaired) electrons. The third-order valence-electron chi connectivity index (χ3n) is 8.57. The van der Waals surface area contributed by atoms with Crippen LogP contribution in [0.1, 0.15) is 63.4 Å². The number of H-pyrrole nitrogens is 1. The molecule has 13 heteroatoms. The fraction of sp³-hybridized carbons (Fsp3) is 0.586. The number of hydrogen-bond donors (Lipinski definition) is 4. The fourth-order valence-corrected chi connectivity index (χ4v) is 6.00. The highest BCUT2D eigenvalue weighted by Crippen LogP contribution is 2.38. The van der Waals surface area contributed by atoms with Crippen molar-refractivity contribution in [1.29, 1.82) is 0 Å². The summed E-state index contributed by atoms with van der Waals surface area (Å²) < 4.78 is 41.0. The summed E-state index contributed by atoms with van der Waals surface area (Å²) in [7, 11) is 0. The second-order valence-corrected chi connectivity index (χ2v) is 12.0. The van der Waals surface area contributed by atoms with Gasteiger partial charge in [0.2, 0.25) is 0 Å². The minimum atomic E-state index is -4.39. The van der Waals surface area contributed by atoms with E-state index in [0.717, 1.165) is 44.4 Å². The molecule has 0 unspecified atom stereocenters. The number of aliphatic hydroxyl groups excluding tert-OH is 2. The molecule has 1 aromatic carbocycles. The Balaban J connectivity index is 1.06. The number of halogens is 3. The van der Waals surface area contributed by atoms with Crippen molar-refractivity contribution < 1.29 is 23.4 Å². The van der Waals surface area contributed by atoms with Crippen LogP contribution in [-0.4, -0.2) is 82.0 Å². The molecule has 226 valence electrons. The molecule has 4 N–H and O–H groups in total. The van der Waals surface area contributed by atoms with E-state index in [-0.39, 0.29) is 18.0 Å². The lowest BCUT2D eigenvalue weighted by Gasteiger charge is -2.30. The van der Waals surface area contributed by atoms with Crippen molar-refractivity contribution in [2.24, 2.45) is 5.92 Å². The molecule has 0 saturated heterocycles. The van der Waals surface area contributed by atoms with E-state index in [0.29, 0.717) is 59.3 Å². The largest absolute Gasteiger partial charge is 0.416 e. The van der Waals surface area contributed by atoms with Crippen LogP contribution in [0.15, 0.2) is 30.9 Å². The Hall–Kier alpha value is -3.29. The van der Waals surface area contributed by atoms with Crippen molar-refractivity contribution in [3.8, 4) is 0 Å². The maximum atomic E-state index is 13.0. The lowest BCUT2D eigenvalue weighted by Crippen LogP contribution is -2.40. The number of aromatic nitrogens is 6. The molecule has 4 aromatic rings. The average Bonchev–Trinajstić information content (AvgIpc) is 3.39. The summed E-state index contributed by atoms with van der Waals surface area (Å²) in [4.78, 5) is 23.1. The van der Waals surface area contributed by atoms with Gasteiger partial charge < -0.3 is 30.0 Å². The van der Waals surface area contributed by atoms with E-state index in [2.05, 4.69) is 49.0 Å². The van der Waals surface area contributed by atoms with Gasteiger partial charge in [0, 0.05) is 31.0 Å². The predicted molar refractivity (Wildman–Crippen MR) is 152 cm³/mol. The maximum Gasteiger partial charge on any atom is 0.416 e. The summed E-state index contributed by atoms with van der Waals surface area (Å²) >= 11 is 0. The van der Waals surface area contributed by atoms with Gasteiger partial charge in [0.1, 0.15) is 23.8 Å². The van der Waals surface area contributed by atoms with E-state index < -0.39 is 23.9 Å². The van der Waals surface area contributed by atoms with Crippen LogP contribution in [0.3, 0.4) is 0 Å². The third-order valence-corrected chi connectivity index (χ3v) is 8.57. The third kappa shape index (κ3) is 5.95. The van der Waals surface area contributed by atoms with Crippen LogP contribution in [0.25, 0.3) is 22.2 Å². The van der Waals surface area contributed by atoms with Gasteiger partial charge in [-0.05, 0) is 70.7 Å². The van der Waals surface area contributed by atoms with E-state index in [9.17, 15) is 23.4 Å². The summed E-state index contributed by atoms with van der Waals surface area (Å²) in [5, 5.41) is 25.5. The van der Waals surface area contributed by atoms with Gasteiger partial charge in [-0.2, -0.15) is 13.2 Å². The predicted octanol–water partition coefficient (Wildman–Crippen LogP) is 4.31. The van der Waals surface area contributed by atoms with E-state index >= 15 is 0 Å². The molecular formula is C29H37F3N8O2. The van der Waals surface area contributed by atoms with Gasteiger partial charge in [0.25, 0.3) is 0 Å². The second kappa shape index (κ2) is 11.4. The zero-order valence-electron chi connectivity index (χ0n) is 23.7. The van der Waals surface area contributed by atoms with Crippen LogP contribution in [0, 0.1) is 5.92 Å². The standard InChI is InChI=1S/C29H37F3N8O2/c1-16(2)39(10-4-3-5-23-37-20-9-6-18(29(30,31)32)12-21(20)38-23)13-17-11-22(26(42)25(17)41)40-15-35-24-27(36-19-7-8-19)33-14-34-28(24)40/h6,9,12,14-17,19,22,25-26,41-42H,3-5,7-8,10-11,13H2,1-2H3,(H,37,38)(H,33,34,36)/t17-,22-,25-,26+/m1/s1. The van der Waals surface area contributed by atoms with Crippen LogP contribution in [-0.2, 0) is 12.6 Å². The molecule has 0 spiro atoms. The Morgan fingerprint density at radius 2 is 1.93 bits per heavy atom. The van der Waals surface area contributed by atoms with E-state index in [1.165, 1.54) is 12.4 Å². The molecule has 42 heavy (non-hydrogen) atoms. The number of imidazole rings is 2. The summed E-state index contributed by atoms with van der Waals surface area (Å²) in [6.45, 7) is 5.65. The van der Waals surface area contributed by atoms with Crippen LogP contribution < -0.4 is 5.32 Å². The summed E-state index contributed by atoms with van der Waals surface area (Å²) in [5.41, 5.74) is 1.54. The number of aryl methyl sites for hydroxylation is 1. The molecule has 2 aliphatic rings. The fourth-order valence-electron chi connectivity index (χ4n) is 6.00. The van der Waals surface area contributed by atoms with E-state index in [1.54, 1.807) is 6.33 Å². The van der Waals surface area contributed by atoms with Gasteiger partial charge in [-0.3, -0.25) is 0 Å². The Morgan fingerprint density at radius 1 is 1.12 bits per heavy atom. The molecule has 3 heterocycles. The SMILES string of the molecule is CC(C)N(CCCCc1nc2ccc(C(F)(F)F)cc2[nH]1)C[C@H]1C[C@@H](n2cnc3c(NC4CC4)ncnc32)[C@H](O)[C@@H]1O. The maximum absolute atomic E-state index is 13.0. The number of alkyl halides is 3. The number of hydrogen-bond acceptors (Lipinski definition) is 8. The molecule has 0 aliphatic heterocycles. The highest BCUT2D eigenvalue weighted by atomic mass is 19.4. The molecule has 6 rings (SSSR count). The van der Waals surface area contributed by atoms with Gasteiger partial charge >= 0.3 is 6.18 Å². The highest BCUT2D eigenvalue weighted by Gasteiger charge is 2.43. The Labute approximate surface area is 241 Å². The minimum Gasteiger partial charge on any atom is -0.390 e. The number of aliphatic hydroxyl groups is 2. The van der Waals surface area contributed by atoms with Crippen molar-refractivity contribution in [1.82, 2.24) is 34.4 Å². The topological polar surface area (TPSA) is 128 Å². The summed E-state index contributed by atoms with van der Waals surface area (Å²) in [6.07, 6.45) is 2.09. The molecule has 2 saturated carbocycles. The first-order chi connectivity index (χ1) is 20.1. The minimum absolute atomic E-state index is 0.131. The van der Waals surface area contributed by atoms with Crippen molar-refractivity contribution in [3.63, 3.8) is 0 Å². The highest BCUT2D eigenvalue weighted by molar-refractivity contribution is 5.83. The van der Waals surface area contributed by atoms with Gasteiger partial charge in [-0.25, -0.2) is 19.9 Å². The molecule has 3 aromatic heterocycles. The van der Waals surface area contributed by atoms with Gasteiger partial charge in [-0.1, -0.05) is 0 Å². The quantitative estimate of drug-likeness (QED) is 0.192. The van der Waals surface area contributed by atoms with Crippen molar-refractivity contribution in [3.05, 3.63) is 42.2 Å². The van der Waals surface area contributed by atoms with Gasteiger partial charge in [0.05, 0.1) is 35.1 Å². The lowest BCUT2D eigenvalue weighted by atomic mass is 10.0. The number of nitrogens with one attached hydrogen (secondary N) is 2. The van der Waals surface area contributed by atoms with Crippen LogP contribution >= 0.6 is 0 Å². The number of unbranched alkanes of at least 4 members (excludes halogenated alkanes) is 1. The second-order valence-electron chi connectivity index (χ2n) is 12.0. The Morgan fingerprint density at radius 3 is 2.67 bits per heavy atom. The summed E-state index contributed by atoms with van der Waals surface area (Å²) in [6, 6.07) is 3.86. The van der Waals surface area contributed by atoms with Crippen LogP contribution in [0.2, 0.25) is 0 Å².